The lowest BCUT2D eigenvalue weighted by Crippen LogP contribution is -2.44. The average Bonchev–Trinajstić information content (AvgIpc) is 2.51. The molecule has 0 aliphatic rings. The van der Waals surface area contributed by atoms with Gasteiger partial charge in [-0.25, -0.2) is 4.79 Å². The molecule has 0 radical (unpaired) electrons. The number of esters is 1. The number of amides is 1. The Hall–Kier alpha value is -2.55. The van der Waals surface area contributed by atoms with E-state index in [1.807, 2.05) is 19.9 Å². The van der Waals surface area contributed by atoms with E-state index in [1.165, 1.54) is 7.11 Å². The summed E-state index contributed by atoms with van der Waals surface area (Å²) in [6.45, 7) is 3.67. The summed E-state index contributed by atoms with van der Waals surface area (Å²) in [6.07, 6.45) is 0.488. The number of rotatable bonds is 7. The van der Waals surface area contributed by atoms with Gasteiger partial charge in [-0.1, -0.05) is 19.9 Å². The molecule has 1 aromatic carbocycles. The Bertz CT molecular complexity index is 564. The van der Waals surface area contributed by atoms with Crippen LogP contribution in [0.2, 0.25) is 0 Å². The topological polar surface area (TPSA) is 88.4 Å². The summed E-state index contributed by atoms with van der Waals surface area (Å²) in [5, 5.41) is 11.4. The van der Waals surface area contributed by atoms with Crippen LogP contribution in [0.4, 0.5) is 0 Å². The Morgan fingerprint density at radius 2 is 2.09 bits per heavy atom. The van der Waals surface area contributed by atoms with E-state index in [0.29, 0.717) is 17.7 Å². The van der Waals surface area contributed by atoms with Gasteiger partial charge in [0.2, 0.25) is 0 Å². The van der Waals surface area contributed by atoms with E-state index in [4.69, 9.17) is 10.00 Å². The van der Waals surface area contributed by atoms with Crippen molar-refractivity contribution in [3.05, 3.63) is 29.8 Å². The molecule has 0 aliphatic heterocycles. The maximum atomic E-state index is 11.9. The minimum Gasteiger partial charge on any atom is -0.484 e. The molecule has 1 N–H and O–H groups in total. The van der Waals surface area contributed by atoms with Crippen molar-refractivity contribution >= 4 is 11.9 Å². The van der Waals surface area contributed by atoms with Crippen molar-refractivity contribution in [1.82, 2.24) is 5.32 Å². The molecular weight excluding hydrogens is 284 g/mol. The van der Waals surface area contributed by atoms with Crippen LogP contribution in [0.15, 0.2) is 24.3 Å². The third kappa shape index (κ3) is 5.83. The highest BCUT2D eigenvalue weighted by Gasteiger charge is 2.22. The Morgan fingerprint density at radius 1 is 1.36 bits per heavy atom. The second kappa shape index (κ2) is 8.67. The van der Waals surface area contributed by atoms with E-state index in [9.17, 15) is 9.59 Å². The van der Waals surface area contributed by atoms with Gasteiger partial charge in [0, 0.05) is 0 Å². The van der Waals surface area contributed by atoms with Crippen molar-refractivity contribution in [1.29, 1.82) is 5.26 Å². The van der Waals surface area contributed by atoms with E-state index in [1.54, 1.807) is 24.3 Å². The zero-order chi connectivity index (χ0) is 16.5. The fourth-order valence-corrected chi connectivity index (χ4v) is 1.87. The summed E-state index contributed by atoms with van der Waals surface area (Å²) >= 11 is 0. The molecule has 0 bridgehead atoms. The summed E-state index contributed by atoms with van der Waals surface area (Å²) in [6, 6.07) is 7.81. The quantitative estimate of drug-likeness (QED) is 0.774. The SMILES string of the molecule is COC(=O)[C@H](CC(C)C)NC(=O)COc1cccc(C#N)c1. The standard InChI is InChI=1S/C16H20N2O4/c1-11(2)7-14(16(20)21-3)18-15(19)10-22-13-6-4-5-12(8-13)9-17/h4-6,8,11,14H,7,10H2,1-3H3,(H,18,19)/t14-/m0/s1. The molecule has 6 heteroatoms. The van der Waals surface area contributed by atoms with Crippen LogP contribution >= 0.6 is 0 Å². The summed E-state index contributed by atoms with van der Waals surface area (Å²) in [7, 11) is 1.28. The van der Waals surface area contributed by atoms with Crippen LogP contribution < -0.4 is 10.1 Å². The van der Waals surface area contributed by atoms with Gasteiger partial charge in [-0.15, -0.1) is 0 Å². The molecule has 118 valence electrons. The van der Waals surface area contributed by atoms with Crippen LogP contribution in [0.3, 0.4) is 0 Å². The fraction of sp³-hybridized carbons (Fsp3) is 0.438. The van der Waals surface area contributed by atoms with Crippen LogP contribution in [0.1, 0.15) is 25.8 Å². The maximum Gasteiger partial charge on any atom is 0.328 e. The third-order valence-electron chi connectivity index (χ3n) is 2.86. The third-order valence-corrected chi connectivity index (χ3v) is 2.86. The molecule has 1 rings (SSSR count). The first-order valence-corrected chi connectivity index (χ1v) is 6.96. The number of nitriles is 1. The van der Waals surface area contributed by atoms with E-state index in [0.717, 1.165) is 0 Å². The van der Waals surface area contributed by atoms with Gasteiger partial charge in [0.05, 0.1) is 18.7 Å². The van der Waals surface area contributed by atoms with E-state index < -0.39 is 17.9 Å². The highest BCUT2D eigenvalue weighted by Crippen LogP contribution is 2.12. The van der Waals surface area contributed by atoms with Crippen molar-refractivity contribution in [2.24, 2.45) is 5.92 Å². The molecule has 1 amide bonds. The van der Waals surface area contributed by atoms with Gasteiger partial charge in [0.15, 0.2) is 6.61 Å². The van der Waals surface area contributed by atoms with Crippen molar-refractivity contribution in [3.8, 4) is 11.8 Å². The molecule has 0 saturated heterocycles. The number of hydrogen-bond donors (Lipinski definition) is 1. The Morgan fingerprint density at radius 3 is 2.68 bits per heavy atom. The van der Waals surface area contributed by atoms with Crippen LogP contribution in [0.5, 0.6) is 5.75 Å². The Balaban J connectivity index is 2.56. The lowest BCUT2D eigenvalue weighted by Gasteiger charge is -2.18. The van der Waals surface area contributed by atoms with Crippen molar-refractivity contribution in [3.63, 3.8) is 0 Å². The number of hydrogen-bond acceptors (Lipinski definition) is 5. The first-order chi connectivity index (χ1) is 10.5. The molecule has 0 aromatic heterocycles. The zero-order valence-electron chi connectivity index (χ0n) is 13.0. The molecule has 6 nitrogen and oxygen atoms in total. The van der Waals surface area contributed by atoms with Crippen LogP contribution in [0, 0.1) is 17.2 Å². The van der Waals surface area contributed by atoms with Gasteiger partial charge in [0.25, 0.3) is 5.91 Å². The number of benzene rings is 1. The van der Waals surface area contributed by atoms with Gasteiger partial charge in [0.1, 0.15) is 11.8 Å². The maximum absolute atomic E-state index is 11.9. The van der Waals surface area contributed by atoms with Gasteiger partial charge in [-0.2, -0.15) is 5.26 Å². The lowest BCUT2D eigenvalue weighted by molar-refractivity contribution is -0.145. The fourth-order valence-electron chi connectivity index (χ4n) is 1.87. The molecule has 0 unspecified atom stereocenters. The molecule has 1 aromatic rings. The largest absolute Gasteiger partial charge is 0.484 e. The second-order valence-electron chi connectivity index (χ2n) is 5.20. The summed E-state index contributed by atoms with van der Waals surface area (Å²) in [5.74, 6) is -0.239. The van der Waals surface area contributed by atoms with E-state index in [2.05, 4.69) is 10.1 Å². The van der Waals surface area contributed by atoms with Gasteiger partial charge in [-0.3, -0.25) is 4.79 Å². The summed E-state index contributed by atoms with van der Waals surface area (Å²) in [4.78, 5) is 23.5. The number of carbonyl (C=O) groups excluding carboxylic acids is 2. The first-order valence-electron chi connectivity index (χ1n) is 6.96. The van der Waals surface area contributed by atoms with Crippen molar-refractivity contribution in [2.75, 3.05) is 13.7 Å². The van der Waals surface area contributed by atoms with Gasteiger partial charge < -0.3 is 14.8 Å². The highest BCUT2D eigenvalue weighted by molar-refractivity contribution is 5.85. The number of nitrogens with one attached hydrogen (secondary N) is 1. The van der Waals surface area contributed by atoms with Gasteiger partial charge >= 0.3 is 5.97 Å². The molecular formula is C16H20N2O4. The highest BCUT2D eigenvalue weighted by atomic mass is 16.5. The Kier molecular flexibility index (Phi) is 6.90. The molecule has 0 heterocycles. The Labute approximate surface area is 130 Å². The molecule has 0 spiro atoms. The monoisotopic (exact) mass is 304 g/mol. The number of methoxy groups -OCH3 is 1. The summed E-state index contributed by atoms with van der Waals surface area (Å²) in [5.41, 5.74) is 0.449. The number of ether oxygens (including phenoxy) is 2. The predicted molar refractivity (Wildman–Crippen MR) is 80.1 cm³/mol. The molecule has 1 atom stereocenters. The number of nitrogens with zero attached hydrogens (tertiary/aromatic N) is 1. The van der Waals surface area contributed by atoms with Gasteiger partial charge in [-0.05, 0) is 30.5 Å². The van der Waals surface area contributed by atoms with Crippen LogP contribution in [-0.4, -0.2) is 31.6 Å². The minimum atomic E-state index is -0.688. The average molecular weight is 304 g/mol. The smallest absolute Gasteiger partial charge is 0.328 e. The normalized spacial score (nSPS) is 11.4. The molecule has 0 fully saturated rings. The van der Waals surface area contributed by atoms with Crippen LogP contribution in [0.25, 0.3) is 0 Å². The zero-order valence-corrected chi connectivity index (χ0v) is 13.0. The molecule has 0 aliphatic carbocycles. The summed E-state index contributed by atoms with van der Waals surface area (Å²) < 4.78 is 9.99. The van der Waals surface area contributed by atoms with E-state index >= 15 is 0 Å². The van der Waals surface area contributed by atoms with Crippen molar-refractivity contribution in [2.45, 2.75) is 26.3 Å². The first kappa shape index (κ1) is 17.5. The van der Waals surface area contributed by atoms with Crippen LogP contribution in [-0.2, 0) is 14.3 Å². The van der Waals surface area contributed by atoms with E-state index in [-0.39, 0.29) is 12.5 Å². The molecule has 0 saturated carbocycles. The minimum absolute atomic E-state index is 0.234. The lowest BCUT2D eigenvalue weighted by atomic mass is 10.0. The number of carbonyl (C=O) groups is 2. The second-order valence-corrected chi connectivity index (χ2v) is 5.20. The van der Waals surface area contributed by atoms with Crippen molar-refractivity contribution < 1.29 is 19.1 Å². The predicted octanol–water partition coefficient (Wildman–Crippen LogP) is 1.64. The molecule has 22 heavy (non-hydrogen) atoms.